The predicted octanol–water partition coefficient (Wildman–Crippen LogP) is 2.03. The van der Waals surface area contributed by atoms with Crippen LogP contribution >= 0.6 is 0 Å². The highest BCUT2D eigenvalue weighted by atomic mass is 16.4. The molecule has 1 heterocycles. The Balaban J connectivity index is 2.47. The Labute approximate surface area is 119 Å². The minimum Gasteiger partial charge on any atom is -0.481 e. The largest absolute Gasteiger partial charge is 0.481 e. The fourth-order valence-electron chi connectivity index (χ4n) is 1.96. The van der Waals surface area contributed by atoms with Crippen LogP contribution in [0, 0.1) is 6.92 Å². The molecule has 0 saturated carbocycles. The molecule has 1 atom stereocenters. The summed E-state index contributed by atoms with van der Waals surface area (Å²) in [6, 6.07) is 4.00. The topological polar surface area (TPSA) is 70.5 Å². The minimum atomic E-state index is -0.863. The van der Waals surface area contributed by atoms with Crippen molar-refractivity contribution in [1.82, 2.24) is 9.88 Å². The summed E-state index contributed by atoms with van der Waals surface area (Å²) in [6.07, 6.45) is 3.16. The number of aryl methyl sites for hydroxylation is 1. The van der Waals surface area contributed by atoms with Gasteiger partial charge in [-0.05, 0) is 38.0 Å². The number of hydrogen-bond acceptors (Lipinski definition) is 3. The highest BCUT2D eigenvalue weighted by Gasteiger charge is 2.16. The molecule has 1 unspecified atom stereocenters. The fraction of sp³-hybridized carbons (Fsp3) is 0.533. The van der Waals surface area contributed by atoms with Crippen molar-refractivity contribution in [3.63, 3.8) is 0 Å². The van der Waals surface area contributed by atoms with Gasteiger partial charge in [0.25, 0.3) is 0 Å². The minimum absolute atomic E-state index is 0.0218. The third kappa shape index (κ3) is 5.38. The van der Waals surface area contributed by atoms with Gasteiger partial charge in [-0.1, -0.05) is 0 Å². The van der Waals surface area contributed by atoms with Crippen LogP contribution in [0.2, 0.25) is 0 Å². The van der Waals surface area contributed by atoms with Crippen molar-refractivity contribution in [2.45, 2.75) is 45.6 Å². The van der Waals surface area contributed by atoms with E-state index >= 15 is 0 Å². The molecule has 5 nitrogen and oxygen atoms in total. The van der Waals surface area contributed by atoms with Gasteiger partial charge in [-0.15, -0.1) is 0 Å². The predicted molar refractivity (Wildman–Crippen MR) is 76.4 cm³/mol. The maximum absolute atomic E-state index is 11.9. The van der Waals surface area contributed by atoms with E-state index in [0.717, 1.165) is 11.3 Å². The fourth-order valence-corrected chi connectivity index (χ4v) is 1.96. The van der Waals surface area contributed by atoms with Gasteiger partial charge < -0.3 is 10.0 Å². The van der Waals surface area contributed by atoms with E-state index < -0.39 is 5.97 Å². The van der Waals surface area contributed by atoms with Gasteiger partial charge in [0.1, 0.15) is 0 Å². The Morgan fingerprint density at radius 3 is 2.70 bits per heavy atom. The zero-order chi connectivity index (χ0) is 15.1. The average Bonchev–Trinajstić information content (AvgIpc) is 2.37. The summed E-state index contributed by atoms with van der Waals surface area (Å²) >= 11 is 0. The summed E-state index contributed by atoms with van der Waals surface area (Å²) in [5, 5.41) is 8.56. The molecule has 5 heteroatoms. The first kappa shape index (κ1) is 16.1. The summed E-state index contributed by atoms with van der Waals surface area (Å²) < 4.78 is 0. The Morgan fingerprint density at radius 1 is 1.40 bits per heavy atom. The first-order valence-electron chi connectivity index (χ1n) is 6.79. The maximum Gasteiger partial charge on any atom is 0.303 e. The Hall–Kier alpha value is -1.91. The van der Waals surface area contributed by atoms with Gasteiger partial charge >= 0.3 is 5.97 Å². The van der Waals surface area contributed by atoms with Crippen LogP contribution in [0.5, 0.6) is 0 Å². The summed E-state index contributed by atoms with van der Waals surface area (Å²) in [5.74, 6) is -0.885. The molecule has 1 aromatic rings. The van der Waals surface area contributed by atoms with Crippen molar-refractivity contribution in [1.29, 1.82) is 0 Å². The van der Waals surface area contributed by atoms with E-state index in [0.29, 0.717) is 12.8 Å². The van der Waals surface area contributed by atoms with Crippen molar-refractivity contribution in [2.24, 2.45) is 0 Å². The molecule has 0 saturated heterocycles. The number of aromatic nitrogens is 1. The highest BCUT2D eigenvalue weighted by Crippen LogP contribution is 2.09. The number of rotatable bonds is 7. The second-order valence-corrected chi connectivity index (χ2v) is 5.13. The monoisotopic (exact) mass is 278 g/mol. The van der Waals surface area contributed by atoms with E-state index in [2.05, 4.69) is 4.98 Å². The molecule has 0 fully saturated rings. The standard InChI is InChI=1S/C15H22N2O3/c1-11-7-8-16-13(9-11)10-12(2)17(3)14(18)5-4-6-15(19)20/h7-9,12H,4-6,10H2,1-3H3,(H,19,20). The Bertz CT molecular complexity index is 474. The lowest BCUT2D eigenvalue weighted by molar-refractivity contribution is -0.137. The Morgan fingerprint density at radius 2 is 2.10 bits per heavy atom. The summed E-state index contributed by atoms with van der Waals surface area (Å²) in [5.41, 5.74) is 2.11. The first-order valence-corrected chi connectivity index (χ1v) is 6.79. The van der Waals surface area contributed by atoms with Gasteiger partial charge in [-0.25, -0.2) is 0 Å². The number of carbonyl (C=O) groups is 2. The molecule has 0 radical (unpaired) electrons. The van der Waals surface area contributed by atoms with Gasteiger partial charge in [-0.2, -0.15) is 0 Å². The maximum atomic E-state index is 11.9. The molecule has 0 bridgehead atoms. The molecular weight excluding hydrogens is 256 g/mol. The molecule has 110 valence electrons. The lowest BCUT2D eigenvalue weighted by Gasteiger charge is -2.25. The lowest BCUT2D eigenvalue weighted by Crippen LogP contribution is -2.36. The molecule has 0 aromatic carbocycles. The second kappa shape index (κ2) is 7.62. The molecule has 1 rings (SSSR count). The number of carboxylic acids is 1. The first-order chi connectivity index (χ1) is 9.40. The van der Waals surface area contributed by atoms with Crippen LogP contribution in [-0.4, -0.2) is 40.0 Å². The van der Waals surface area contributed by atoms with Crippen LogP contribution in [0.1, 0.15) is 37.4 Å². The molecule has 1 aromatic heterocycles. The number of carbonyl (C=O) groups excluding carboxylic acids is 1. The second-order valence-electron chi connectivity index (χ2n) is 5.13. The van der Waals surface area contributed by atoms with Gasteiger partial charge in [0.15, 0.2) is 0 Å². The van der Waals surface area contributed by atoms with E-state index in [1.807, 2.05) is 26.0 Å². The zero-order valence-corrected chi connectivity index (χ0v) is 12.3. The summed E-state index contributed by atoms with van der Waals surface area (Å²) in [7, 11) is 1.75. The number of carboxylic acid groups (broad SMARTS) is 1. The van der Waals surface area contributed by atoms with Crippen molar-refractivity contribution in [2.75, 3.05) is 7.05 Å². The van der Waals surface area contributed by atoms with Crippen LogP contribution in [0.15, 0.2) is 18.3 Å². The van der Waals surface area contributed by atoms with E-state index in [4.69, 9.17) is 5.11 Å². The molecule has 20 heavy (non-hydrogen) atoms. The van der Waals surface area contributed by atoms with E-state index in [9.17, 15) is 9.59 Å². The van der Waals surface area contributed by atoms with Crippen LogP contribution in [0.4, 0.5) is 0 Å². The molecular formula is C15H22N2O3. The van der Waals surface area contributed by atoms with Gasteiger partial charge in [-0.3, -0.25) is 14.6 Å². The summed E-state index contributed by atoms with van der Waals surface area (Å²) in [4.78, 5) is 28.3. The van der Waals surface area contributed by atoms with Gasteiger partial charge in [0, 0.05) is 44.2 Å². The number of pyridine rings is 1. The smallest absolute Gasteiger partial charge is 0.303 e. The molecule has 0 spiro atoms. The van der Waals surface area contributed by atoms with Gasteiger partial charge in [0.05, 0.1) is 0 Å². The normalized spacial score (nSPS) is 11.9. The third-order valence-corrected chi connectivity index (χ3v) is 3.31. The summed E-state index contributed by atoms with van der Waals surface area (Å²) in [6.45, 7) is 3.98. The zero-order valence-electron chi connectivity index (χ0n) is 12.3. The number of likely N-dealkylation sites (N-methyl/N-ethyl adjacent to an activating group) is 1. The molecule has 0 aliphatic heterocycles. The van der Waals surface area contributed by atoms with Crippen LogP contribution in [0.25, 0.3) is 0 Å². The van der Waals surface area contributed by atoms with E-state index in [-0.39, 0.29) is 24.8 Å². The lowest BCUT2D eigenvalue weighted by atomic mass is 10.1. The molecule has 1 amide bonds. The van der Waals surface area contributed by atoms with Crippen molar-refractivity contribution in [3.8, 4) is 0 Å². The number of hydrogen-bond donors (Lipinski definition) is 1. The van der Waals surface area contributed by atoms with Crippen LogP contribution in [0.3, 0.4) is 0 Å². The quantitative estimate of drug-likeness (QED) is 0.828. The van der Waals surface area contributed by atoms with Crippen molar-refractivity contribution >= 4 is 11.9 Å². The number of amides is 1. The number of nitrogens with zero attached hydrogens (tertiary/aromatic N) is 2. The third-order valence-electron chi connectivity index (χ3n) is 3.31. The highest BCUT2D eigenvalue weighted by molar-refractivity contribution is 5.77. The van der Waals surface area contributed by atoms with Crippen LogP contribution in [-0.2, 0) is 16.0 Å². The van der Waals surface area contributed by atoms with Crippen LogP contribution < -0.4 is 0 Å². The van der Waals surface area contributed by atoms with Gasteiger partial charge in [0.2, 0.25) is 5.91 Å². The molecule has 0 aliphatic carbocycles. The molecule has 1 N–H and O–H groups in total. The molecule has 0 aliphatic rings. The average molecular weight is 278 g/mol. The van der Waals surface area contributed by atoms with E-state index in [1.165, 1.54) is 0 Å². The Kier molecular flexibility index (Phi) is 6.15. The van der Waals surface area contributed by atoms with Crippen molar-refractivity contribution in [3.05, 3.63) is 29.6 Å². The SMILES string of the molecule is Cc1ccnc(CC(C)N(C)C(=O)CCCC(=O)O)c1. The number of aliphatic carboxylic acids is 1. The van der Waals surface area contributed by atoms with Crippen molar-refractivity contribution < 1.29 is 14.7 Å². The van der Waals surface area contributed by atoms with E-state index in [1.54, 1.807) is 18.1 Å².